The van der Waals surface area contributed by atoms with Gasteiger partial charge in [0, 0.05) is 5.56 Å². The first-order valence-electron chi connectivity index (χ1n) is 11.8. The van der Waals surface area contributed by atoms with Crippen molar-refractivity contribution in [3.8, 4) is 5.75 Å². The van der Waals surface area contributed by atoms with Gasteiger partial charge in [0.1, 0.15) is 19.0 Å². The lowest BCUT2D eigenvalue weighted by Crippen LogP contribution is -2.42. The zero-order chi connectivity index (χ0) is 24.1. The lowest BCUT2D eigenvalue weighted by Gasteiger charge is -2.26. The number of carbonyl (C=O) groups excluding carboxylic acids is 2. The van der Waals surface area contributed by atoms with Gasteiger partial charge in [-0.25, -0.2) is 9.69 Å². The molecule has 1 unspecified atom stereocenters. The Kier molecular flexibility index (Phi) is 7.31. The maximum Gasteiger partial charge on any atom is 0.417 e. The third-order valence-electron chi connectivity index (χ3n) is 6.27. The van der Waals surface area contributed by atoms with E-state index in [1.807, 2.05) is 85.8 Å². The standard InChI is InChI=1S/C29H31NO4/c1-20(2)25-15-10-16-26(27(25)33-18-23-13-8-5-9-14-23)21(3)28(31)30-24(19-34-29(30)32)17-22-11-6-4-7-12-22/h4-16,20-21,24H,17-19H2,1-3H3/t21-,24?/m1/s1. The summed E-state index contributed by atoms with van der Waals surface area (Å²) >= 11 is 0. The fourth-order valence-corrected chi connectivity index (χ4v) is 4.37. The Morgan fingerprint density at radius 1 is 0.912 bits per heavy atom. The van der Waals surface area contributed by atoms with Gasteiger partial charge in [-0.05, 0) is 36.0 Å². The van der Waals surface area contributed by atoms with Crippen molar-refractivity contribution >= 4 is 12.0 Å². The molecule has 2 amide bonds. The SMILES string of the molecule is CC(C)c1cccc([C@@H](C)C(=O)N2C(=O)OCC2Cc2ccccc2)c1OCc1ccccc1. The maximum absolute atomic E-state index is 13.6. The van der Waals surface area contributed by atoms with Crippen molar-refractivity contribution < 1.29 is 19.1 Å². The normalized spacial score (nSPS) is 16.4. The summed E-state index contributed by atoms with van der Waals surface area (Å²) in [5.74, 6) is 0.104. The zero-order valence-corrected chi connectivity index (χ0v) is 19.9. The molecule has 1 heterocycles. The molecule has 5 nitrogen and oxygen atoms in total. The smallest absolute Gasteiger partial charge is 0.417 e. The van der Waals surface area contributed by atoms with Crippen LogP contribution in [0.5, 0.6) is 5.75 Å². The van der Waals surface area contributed by atoms with Crippen LogP contribution in [-0.4, -0.2) is 29.5 Å². The first kappa shape index (κ1) is 23.6. The van der Waals surface area contributed by atoms with Gasteiger partial charge >= 0.3 is 6.09 Å². The minimum absolute atomic E-state index is 0.204. The van der Waals surface area contributed by atoms with E-state index in [9.17, 15) is 9.59 Å². The van der Waals surface area contributed by atoms with E-state index in [1.54, 1.807) is 0 Å². The maximum atomic E-state index is 13.6. The fraction of sp³-hybridized carbons (Fsp3) is 0.310. The summed E-state index contributed by atoms with van der Waals surface area (Å²) < 4.78 is 11.6. The van der Waals surface area contributed by atoms with Crippen LogP contribution in [0, 0.1) is 0 Å². The van der Waals surface area contributed by atoms with Crippen LogP contribution in [-0.2, 0) is 22.6 Å². The van der Waals surface area contributed by atoms with Gasteiger partial charge in [0.15, 0.2) is 0 Å². The second-order valence-electron chi connectivity index (χ2n) is 9.04. The molecule has 0 aromatic heterocycles. The Balaban J connectivity index is 1.60. The molecule has 1 saturated heterocycles. The van der Waals surface area contributed by atoms with Gasteiger partial charge in [-0.2, -0.15) is 0 Å². The van der Waals surface area contributed by atoms with Crippen molar-refractivity contribution in [2.24, 2.45) is 0 Å². The van der Waals surface area contributed by atoms with E-state index in [1.165, 1.54) is 4.90 Å². The minimum Gasteiger partial charge on any atom is -0.488 e. The summed E-state index contributed by atoms with van der Waals surface area (Å²) in [7, 11) is 0. The number of imide groups is 1. The Labute approximate surface area is 201 Å². The number of benzene rings is 3. The second kappa shape index (κ2) is 10.6. The van der Waals surface area contributed by atoms with E-state index in [4.69, 9.17) is 9.47 Å². The van der Waals surface area contributed by atoms with Crippen LogP contribution in [0.2, 0.25) is 0 Å². The molecule has 1 aliphatic rings. The first-order chi connectivity index (χ1) is 16.5. The van der Waals surface area contributed by atoms with Crippen molar-refractivity contribution in [3.63, 3.8) is 0 Å². The zero-order valence-electron chi connectivity index (χ0n) is 19.9. The molecule has 176 valence electrons. The lowest BCUT2D eigenvalue weighted by atomic mass is 9.91. The summed E-state index contributed by atoms with van der Waals surface area (Å²) in [5, 5.41) is 0. The van der Waals surface area contributed by atoms with Crippen molar-refractivity contribution in [1.82, 2.24) is 4.90 Å². The van der Waals surface area contributed by atoms with Crippen LogP contribution >= 0.6 is 0 Å². The number of carbonyl (C=O) groups is 2. The number of ether oxygens (including phenoxy) is 2. The van der Waals surface area contributed by atoms with Crippen LogP contribution in [0.25, 0.3) is 0 Å². The molecule has 5 heteroatoms. The van der Waals surface area contributed by atoms with Gasteiger partial charge in [0.2, 0.25) is 5.91 Å². The highest BCUT2D eigenvalue weighted by atomic mass is 16.6. The summed E-state index contributed by atoms with van der Waals surface area (Å²) in [6, 6.07) is 25.4. The fourth-order valence-electron chi connectivity index (χ4n) is 4.37. The van der Waals surface area contributed by atoms with Gasteiger partial charge in [0.05, 0.1) is 12.0 Å². The van der Waals surface area contributed by atoms with E-state index in [0.717, 1.165) is 28.0 Å². The Hall–Kier alpha value is -3.60. The number of para-hydroxylation sites is 1. The molecule has 0 spiro atoms. The average Bonchev–Trinajstić information content (AvgIpc) is 3.22. The average molecular weight is 458 g/mol. The van der Waals surface area contributed by atoms with Crippen molar-refractivity contribution in [1.29, 1.82) is 0 Å². The van der Waals surface area contributed by atoms with Crippen molar-refractivity contribution in [2.45, 2.75) is 51.7 Å². The van der Waals surface area contributed by atoms with Crippen molar-refractivity contribution in [2.75, 3.05) is 6.61 Å². The molecular formula is C29H31NO4. The largest absolute Gasteiger partial charge is 0.488 e. The van der Waals surface area contributed by atoms with Gasteiger partial charge in [-0.15, -0.1) is 0 Å². The van der Waals surface area contributed by atoms with Crippen molar-refractivity contribution in [3.05, 3.63) is 101 Å². The first-order valence-corrected chi connectivity index (χ1v) is 11.8. The van der Waals surface area contributed by atoms with E-state index in [0.29, 0.717) is 13.0 Å². The number of hydrogen-bond donors (Lipinski definition) is 0. The Bertz CT molecular complexity index is 1130. The summed E-state index contributed by atoms with van der Waals surface area (Å²) in [6.45, 7) is 6.65. The van der Waals surface area contributed by atoms with Crippen LogP contribution in [0.3, 0.4) is 0 Å². The molecule has 3 aromatic rings. The van der Waals surface area contributed by atoms with Crippen LogP contribution in [0.4, 0.5) is 4.79 Å². The molecule has 1 fully saturated rings. The molecule has 0 radical (unpaired) electrons. The van der Waals surface area contributed by atoms with Gasteiger partial charge < -0.3 is 9.47 Å². The van der Waals surface area contributed by atoms with E-state index in [2.05, 4.69) is 13.8 Å². The highest BCUT2D eigenvalue weighted by Crippen LogP contribution is 2.37. The topological polar surface area (TPSA) is 55.8 Å². The van der Waals surface area contributed by atoms with Crippen LogP contribution in [0.1, 0.15) is 54.9 Å². The number of hydrogen-bond acceptors (Lipinski definition) is 4. The number of nitrogens with zero attached hydrogens (tertiary/aromatic N) is 1. The predicted octanol–water partition coefficient (Wildman–Crippen LogP) is 6.08. The molecule has 0 bridgehead atoms. The third kappa shape index (κ3) is 5.14. The van der Waals surface area contributed by atoms with Gasteiger partial charge in [-0.1, -0.05) is 92.7 Å². The van der Waals surface area contributed by atoms with Crippen LogP contribution < -0.4 is 4.74 Å². The predicted molar refractivity (Wildman–Crippen MR) is 132 cm³/mol. The molecular weight excluding hydrogens is 426 g/mol. The number of amides is 2. The highest BCUT2D eigenvalue weighted by Gasteiger charge is 2.40. The molecule has 0 saturated carbocycles. The molecule has 1 aliphatic heterocycles. The summed E-state index contributed by atoms with van der Waals surface area (Å²) in [5.41, 5.74) is 3.94. The monoisotopic (exact) mass is 457 g/mol. The van der Waals surface area contributed by atoms with E-state index < -0.39 is 12.0 Å². The quantitative estimate of drug-likeness (QED) is 0.411. The molecule has 0 N–H and O–H groups in total. The molecule has 3 aromatic carbocycles. The Morgan fingerprint density at radius 2 is 1.53 bits per heavy atom. The highest BCUT2D eigenvalue weighted by molar-refractivity contribution is 5.97. The second-order valence-corrected chi connectivity index (χ2v) is 9.04. The minimum atomic E-state index is -0.579. The summed E-state index contributed by atoms with van der Waals surface area (Å²) in [6.07, 6.45) is -0.0152. The van der Waals surface area contributed by atoms with E-state index in [-0.39, 0.29) is 24.5 Å². The number of rotatable bonds is 8. The lowest BCUT2D eigenvalue weighted by molar-refractivity contribution is -0.130. The van der Waals surface area contributed by atoms with E-state index >= 15 is 0 Å². The van der Waals surface area contributed by atoms with Crippen LogP contribution in [0.15, 0.2) is 78.9 Å². The number of cyclic esters (lactones) is 1. The molecule has 2 atom stereocenters. The molecule has 0 aliphatic carbocycles. The third-order valence-corrected chi connectivity index (χ3v) is 6.27. The van der Waals surface area contributed by atoms with Gasteiger partial charge in [0.25, 0.3) is 0 Å². The molecule has 4 rings (SSSR count). The summed E-state index contributed by atoms with van der Waals surface area (Å²) in [4.78, 5) is 27.5. The van der Waals surface area contributed by atoms with Gasteiger partial charge in [-0.3, -0.25) is 4.79 Å². The molecule has 34 heavy (non-hydrogen) atoms. The Morgan fingerprint density at radius 3 is 2.18 bits per heavy atom.